The van der Waals surface area contributed by atoms with Crippen molar-refractivity contribution in [3.05, 3.63) is 87.9 Å². The summed E-state index contributed by atoms with van der Waals surface area (Å²) in [5, 5.41) is 0.363. The predicted molar refractivity (Wildman–Crippen MR) is 124 cm³/mol. The summed E-state index contributed by atoms with van der Waals surface area (Å²) in [5.41, 5.74) is 4.95. The van der Waals surface area contributed by atoms with Crippen LogP contribution in [0.4, 0.5) is 0 Å². The van der Waals surface area contributed by atoms with Gasteiger partial charge in [-0.1, -0.05) is 51.8 Å². The van der Waals surface area contributed by atoms with Gasteiger partial charge in [0, 0.05) is 10.0 Å². The Hall–Kier alpha value is -3.23. The molecule has 0 saturated heterocycles. The molecular weight excluding hydrogens is 500 g/mol. The fraction of sp³-hybridized carbons (Fsp3) is 0.130. The summed E-state index contributed by atoms with van der Waals surface area (Å²) >= 11 is 9.33. The summed E-state index contributed by atoms with van der Waals surface area (Å²) in [6.45, 7) is 0.359. The van der Waals surface area contributed by atoms with E-state index in [9.17, 15) is 9.59 Å². The second kappa shape index (κ2) is 12.0. The van der Waals surface area contributed by atoms with Gasteiger partial charge in [0.05, 0.1) is 5.02 Å². The molecule has 2 N–H and O–H groups in total. The maximum absolute atomic E-state index is 12.3. The van der Waals surface area contributed by atoms with E-state index in [0.717, 1.165) is 10.2 Å². The number of nitrogens with one attached hydrogen (secondary N) is 2. The average Bonchev–Trinajstić information content (AvgIpc) is 2.80. The monoisotopic (exact) mass is 518 g/mol. The van der Waals surface area contributed by atoms with E-state index in [1.165, 1.54) is 0 Å². The Morgan fingerprint density at radius 1 is 0.812 bits per heavy atom. The number of para-hydroxylation sites is 1. The molecule has 0 spiro atoms. The minimum Gasteiger partial charge on any atom is -0.490 e. The third kappa shape index (κ3) is 7.47. The number of ether oxygens (including phenoxy) is 3. The molecule has 0 fully saturated rings. The van der Waals surface area contributed by atoms with E-state index in [-0.39, 0.29) is 6.61 Å². The van der Waals surface area contributed by atoms with Crippen molar-refractivity contribution in [2.24, 2.45) is 0 Å². The SMILES string of the molecule is O=C(COc1ccc(Br)cc1Cl)NNC(=O)c1cccc(OCCOc2ccccc2)c1. The van der Waals surface area contributed by atoms with Gasteiger partial charge in [-0.25, -0.2) is 0 Å². The van der Waals surface area contributed by atoms with Crippen LogP contribution in [0.2, 0.25) is 5.02 Å². The summed E-state index contributed by atoms with van der Waals surface area (Å²) in [6, 6.07) is 21.0. The second-order valence-corrected chi connectivity index (χ2v) is 7.73. The smallest absolute Gasteiger partial charge is 0.276 e. The van der Waals surface area contributed by atoms with E-state index < -0.39 is 11.8 Å². The molecule has 2 amide bonds. The van der Waals surface area contributed by atoms with Crippen molar-refractivity contribution in [3.8, 4) is 17.2 Å². The number of hydrogen-bond acceptors (Lipinski definition) is 5. The number of carbonyl (C=O) groups is 2. The van der Waals surface area contributed by atoms with E-state index in [1.807, 2.05) is 30.3 Å². The highest BCUT2D eigenvalue weighted by Crippen LogP contribution is 2.27. The lowest BCUT2D eigenvalue weighted by Crippen LogP contribution is -2.43. The number of hydrogen-bond donors (Lipinski definition) is 2. The predicted octanol–water partition coefficient (Wildman–Crippen LogP) is 4.40. The molecule has 3 aromatic rings. The van der Waals surface area contributed by atoms with E-state index in [0.29, 0.717) is 35.3 Å². The van der Waals surface area contributed by atoms with Gasteiger partial charge in [0.2, 0.25) is 0 Å². The van der Waals surface area contributed by atoms with Crippen LogP contribution in [0.3, 0.4) is 0 Å². The molecule has 0 bridgehead atoms. The summed E-state index contributed by atoms with van der Waals surface area (Å²) in [6.07, 6.45) is 0. The average molecular weight is 520 g/mol. The van der Waals surface area contributed by atoms with Crippen LogP contribution in [0, 0.1) is 0 Å². The van der Waals surface area contributed by atoms with Gasteiger partial charge >= 0.3 is 0 Å². The second-order valence-electron chi connectivity index (χ2n) is 6.40. The Morgan fingerprint density at radius 3 is 2.28 bits per heavy atom. The maximum atomic E-state index is 12.3. The van der Waals surface area contributed by atoms with Gasteiger partial charge in [-0.05, 0) is 48.5 Å². The first-order valence-electron chi connectivity index (χ1n) is 9.59. The van der Waals surface area contributed by atoms with Crippen molar-refractivity contribution < 1.29 is 23.8 Å². The highest BCUT2D eigenvalue weighted by Gasteiger charge is 2.10. The molecule has 0 atom stereocenters. The molecule has 166 valence electrons. The molecule has 0 heterocycles. The number of hydrazine groups is 1. The van der Waals surface area contributed by atoms with Crippen LogP contribution in [0.15, 0.2) is 77.3 Å². The first-order valence-corrected chi connectivity index (χ1v) is 10.8. The zero-order chi connectivity index (χ0) is 22.8. The molecule has 9 heteroatoms. The first-order chi connectivity index (χ1) is 15.5. The van der Waals surface area contributed by atoms with Crippen molar-refractivity contribution in [2.45, 2.75) is 0 Å². The van der Waals surface area contributed by atoms with E-state index in [2.05, 4.69) is 26.8 Å². The van der Waals surface area contributed by atoms with E-state index in [1.54, 1.807) is 42.5 Å². The van der Waals surface area contributed by atoms with Gasteiger partial charge in [0.1, 0.15) is 30.5 Å². The Bertz CT molecular complexity index is 1070. The van der Waals surface area contributed by atoms with Crippen LogP contribution in [0.25, 0.3) is 0 Å². The normalized spacial score (nSPS) is 10.2. The van der Waals surface area contributed by atoms with Gasteiger partial charge in [0.15, 0.2) is 6.61 Å². The number of halogens is 2. The summed E-state index contributed by atoms with van der Waals surface area (Å²) in [4.78, 5) is 24.3. The van der Waals surface area contributed by atoms with Crippen molar-refractivity contribution in [1.29, 1.82) is 0 Å². The fourth-order valence-electron chi connectivity index (χ4n) is 2.53. The van der Waals surface area contributed by atoms with Gasteiger partial charge < -0.3 is 14.2 Å². The third-order valence-corrected chi connectivity index (χ3v) is 4.82. The van der Waals surface area contributed by atoms with Crippen molar-refractivity contribution in [1.82, 2.24) is 10.9 Å². The lowest BCUT2D eigenvalue weighted by molar-refractivity contribution is -0.123. The molecule has 7 nitrogen and oxygen atoms in total. The maximum Gasteiger partial charge on any atom is 0.276 e. The molecule has 0 aliphatic rings. The van der Waals surface area contributed by atoms with Crippen LogP contribution in [-0.2, 0) is 4.79 Å². The molecule has 0 aromatic heterocycles. The van der Waals surface area contributed by atoms with Crippen molar-refractivity contribution in [3.63, 3.8) is 0 Å². The molecule has 32 heavy (non-hydrogen) atoms. The molecule has 0 radical (unpaired) electrons. The zero-order valence-electron chi connectivity index (χ0n) is 16.8. The number of rotatable bonds is 9. The summed E-state index contributed by atoms with van der Waals surface area (Å²) in [7, 11) is 0. The van der Waals surface area contributed by atoms with Crippen LogP contribution in [-0.4, -0.2) is 31.6 Å². The van der Waals surface area contributed by atoms with Crippen molar-refractivity contribution in [2.75, 3.05) is 19.8 Å². The number of carbonyl (C=O) groups excluding carboxylic acids is 2. The Labute approximate surface area is 198 Å². The molecule has 3 rings (SSSR count). The van der Waals surface area contributed by atoms with Gasteiger partial charge in [-0.3, -0.25) is 20.4 Å². The van der Waals surface area contributed by atoms with E-state index in [4.69, 9.17) is 25.8 Å². The highest BCUT2D eigenvalue weighted by atomic mass is 79.9. The molecule has 0 aliphatic carbocycles. The summed E-state index contributed by atoms with van der Waals surface area (Å²) in [5.74, 6) is 0.589. The van der Waals surface area contributed by atoms with Gasteiger partial charge in [-0.2, -0.15) is 0 Å². The Morgan fingerprint density at radius 2 is 1.53 bits per heavy atom. The standard InChI is InChI=1S/C23H20BrClN2O5/c24-17-9-10-21(20(25)14-17)32-15-22(28)26-27-23(29)16-5-4-8-19(13-16)31-12-11-30-18-6-2-1-3-7-18/h1-10,13-14H,11-12,15H2,(H,26,28)(H,27,29). The summed E-state index contributed by atoms with van der Waals surface area (Å²) < 4.78 is 17.3. The lowest BCUT2D eigenvalue weighted by Gasteiger charge is -2.11. The zero-order valence-corrected chi connectivity index (χ0v) is 19.2. The molecule has 3 aromatic carbocycles. The third-order valence-electron chi connectivity index (χ3n) is 4.03. The molecule has 0 saturated carbocycles. The number of amides is 2. The fourth-order valence-corrected chi connectivity index (χ4v) is 3.26. The van der Waals surface area contributed by atoms with Gasteiger partial charge in [0.25, 0.3) is 11.8 Å². The van der Waals surface area contributed by atoms with E-state index >= 15 is 0 Å². The van der Waals surface area contributed by atoms with Crippen LogP contribution < -0.4 is 25.1 Å². The Balaban J connectivity index is 1.41. The Kier molecular flexibility index (Phi) is 8.77. The van der Waals surface area contributed by atoms with Crippen LogP contribution >= 0.6 is 27.5 Å². The van der Waals surface area contributed by atoms with Gasteiger partial charge in [-0.15, -0.1) is 0 Å². The molecule has 0 aliphatic heterocycles. The van der Waals surface area contributed by atoms with Crippen molar-refractivity contribution >= 4 is 39.3 Å². The lowest BCUT2D eigenvalue weighted by atomic mass is 10.2. The topological polar surface area (TPSA) is 85.9 Å². The largest absolute Gasteiger partial charge is 0.490 e. The number of benzene rings is 3. The van der Waals surface area contributed by atoms with Crippen LogP contribution in [0.5, 0.6) is 17.2 Å². The molecule has 0 unspecified atom stereocenters. The highest BCUT2D eigenvalue weighted by molar-refractivity contribution is 9.10. The van der Waals surface area contributed by atoms with Crippen LogP contribution in [0.1, 0.15) is 10.4 Å². The minimum absolute atomic E-state index is 0.312. The molecular formula is C23H20BrClN2O5. The quantitative estimate of drug-likeness (QED) is 0.323. The first kappa shape index (κ1) is 23.4. The minimum atomic E-state index is -0.539.